The number of anilines is 2. The number of nitrogens with zero attached hydrogens (tertiary/aromatic N) is 5. The second kappa shape index (κ2) is 9.66. The van der Waals surface area contributed by atoms with Crippen LogP contribution in [0.25, 0.3) is 22.6 Å². The van der Waals surface area contributed by atoms with Crippen molar-refractivity contribution < 1.29 is 21.9 Å². The minimum Gasteiger partial charge on any atom is -0.358 e. The van der Waals surface area contributed by atoms with E-state index in [1.165, 1.54) is 16.7 Å². The molecule has 0 amide bonds. The van der Waals surface area contributed by atoms with E-state index >= 15 is 0 Å². The first-order valence-electron chi connectivity index (χ1n) is 11.6. The molecule has 1 saturated heterocycles. The average Bonchev–Trinajstić information content (AvgIpc) is 3.39. The van der Waals surface area contributed by atoms with Crippen molar-refractivity contribution in [2.24, 2.45) is 7.05 Å². The molecular weight excluding hydrogens is 526 g/mol. The maximum absolute atomic E-state index is 14.0. The highest BCUT2D eigenvalue weighted by molar-refractivity contribution is 7.90. The third-order valence-corrected chi connectivity index (χ3v) is 7.74. The van der Waals surface area contributed by atoms with Gasteiger partial charge in [0.05, 0.1) is 16.3 Å². The van der Waals surface area contributed by atoms with Gasteiger partial charge in [-0.15, -0.1) is 0 Å². The Morgan fingerprint density at radius 2 is 1.97 bits per heavy atom. The van der Waals surface area contributed by atoms with Crippen LogP contribution in [-0.4, -0.2) is 45.4 Å². The average molecular weight is 551 g/mol. The van der Waals surface area contributed by atoms with Crippen molar-refractivity contribution in [3.8, 4) is 11.4 Å². The zero-order valence-electron chi connectivity index (χ0n) is 20.4. The second-order valence-corrected chi connectivity index (χ2v) is 11.4. The summed E-state index contributed by atoms with van der Waals surface area (Å²) in [6.07, 6.45) is 1.47. The van der Waals surface area contributed by atoms with E-state index in [4.69, 9.17) is 16.3 Å². The Hall–Kier alpha value is -3.09. The molecule has 5 rings (SSSR count). The molecule has 37 heavy (non-hydrogen) atoms. The summed E-state index contributed by atoms with van der Waals surface area (Å²) in [5, 5.41) is 3.09. The number of aromatic nitrogens is 5. The van der Waals surface area contributed by atoms with Crippen molar-refractivity contribution in [3.05, 3.63) is 47.1 Å². The Labute approximate surface area is 217 Å². The highest BCUT2D eigenvalue weighted by Crippen LogP contribution is 2.37. The fourth-order valence-electron chi connectivity index (χ4n) is 4.49. The van der Waals surface area contributed by atoms with Crippen LogP contribution >= 0.6 is 11.6 Å². The van der Waals surface area contributed by atoms with E-state index in [1.54, 1.807) is 18.3 Å². The number of pyridine rings is 1. The van der Waals surface area contributed by atoms with Crippen LogP contribution < -0.4 is 5.32 Å². The summed E-state index contributed by atoms with van der Waals surface area (Å²) >= 11 is 6.29. The van der Waals surface area contributed by atoms with Crippen LogP contribution in [0.5, 0.6) is 0 Å². The molecule has 4 aromatic rings. The van der Waals surface area contributed by atoms with E-state index < -0.39 is 28.3 Å². The highest BCUT2D eigenvalue weighted by atomic mass is 35.5. The Balaban J connectivity index is 1.64. The molecule has 0 saturated carbocycles. The molecule has 4 heterocycles. The number of ether oxygens (including phenoxy) is 1. The number of hydrogen-bond acceptors (Lipinski definition) is 7. The monoisotopic (exact) mass is 550 g/mol. The van der Waals surface area contributed by atoms with Crippen LogP contribution in [0.4, 0.5) is 20.2 Å². The molecule has 9 nitrogen and oxygen atoms in total. The highest BCUT2D eigenvalue weighted by Gasteiger charge is 2.29. The summed E-state index contributed by atoms with van der Waals surface area (Å²) in [7, 11) is -1.86. The summed E-state index contributed by atoms with van der Waals surface area (Å²) < 4.78 is 62.5. The van der Waals surface area contributed by atoms with Gasteiger partial charge in [-0.1, -0.05) is 11.6 Å². The van der Waals surface area contributed by atoms with Gasteiger partial charge < -0.3 is 14.6 Å². The molecule has 0 radical (unpaired) electrons. The molecule has 1 aliphatic rings. The number of benzene rings is 1. The molecule has 1 atom stereocenters. The Morgan fingerprint density at radius 1 is 1.19 bits per heavy atom. The normalized spacial score (nSPS) is 16.6. The number of halogens is 3. The van der Waals surface area contributed by atoms with E-state index in [1.807, 2.05) is 18.5 Å². The number of sulfone groups is 1. The molecule has 13 heteroatoms. The Bertz CT molecular complexity index is 1600. The van der Waals surface area contributed by atoms with Crippen molar-refractivity contribution in [1.29, 1.82) is 0 Å². The van der Waals surface area contributed by atoms with Gasteiger partial charge in [0.2, 0.25) is 0 Å². The number of hydrogen-bond donors (Lipinski definition) is 1. The van der Waals surface area contributed by atoms with Gasteiger partial charge in [-0.05, 0) is 44.4 Å². The molecule has 1 fully saturated rings. The third kappa shape index (κ3) is 4.80. The first kappa shape index (κ1) is 25.6. The Morgan fingerprint density at radius 3 is 2.59 bits per heavy atom. The number of alkyl halides is 2. The number of imidazole rings is 2. The van der Waals surface area contributed by atoms with Crippen molar-refractivity contribution in [1.82, 2.24) is 24.1 Å². The van der Waals surface area contributed by atoms with Crippen LogP contribution in [-0.2, 0) is 21.6 Å². The molecule has 0 spiro atoms. The van der Waals surface area contributed by atoms with Gasteiger partial charge >= 0.3 is 0 Å². The summed E-state index contributed by atoms with van der Waals surface area (Å²) in [5.74, 6) is 0.125. The molecule has 3 aromatic heterocycles. The zero-order chi connectivity index (χ0) is 26.5. The molecule has 196 valence electrons. The smallest absolute Gasteiger partial charge is 0.295 e. The first-order chi connectivity index (χ1) is 17.5. The number of aryl methyl sites for hydroxylation is 1. The minimum atomic E-state index is -3.70. The quantitative estimate of drug-likeness (QED) is 0.313. The van der Waals surface area contributed by atoms with Crippen molar-refractivity contribution in [2.45, 2.75) is 43.7 Å². The SMILES string of the molecule is Cc1cnc(-c2ccc(Nc3cc(Cl)nc4c3nc(C(F)F)n4C3CCCCO3)c(S(C)(=O)=O)c2)n1C. The van der Waals surface area contributed by atoms with Crippen LogP contribution in [0.3, 0.4) is 0 Å². The van der Waals surface area contributed by atoms with Gasteiger partial charge in [-0.25, -0.2) is 32.2 Å². The van der Waals surface area contributed by atoms with E-state index in [9.17, 15) is 17.2 Å². The number of nitrogens with one attached hydrogen (secondary N) is 1. The van der Waals surface area contributed by atoms with Gasteiger partial charge in [0.15, 0.2) is 21.3 Å². The maximum atomic E-state index is 14.0. The second-order valence-electron chi connectivity index (χ2n) is 9.02. The maximum Gasteiger partial charge on any atom is 0.295 e. The van der Waals surface area contributed by atoms with Crippen molar-refractivity contribution in [2.75, 3.05) is 18.2 Å². The van der Waals surface area contributed by atoms with Crippen LogP contribution in [0.15, 0.2) is 35.4 Å². The van der Waals surface area contributed by atoms with Gasteiger partial charge in [0, 0.05) is 43.4 Å². The number of rotatable bonds is 6. The largest absolute Gasteiger partial charge is 0.358 e. The topological polar surface area (TPSA) is 104 Å². The lowest BCUT2D eigenvalue weighted by Gasteiger charge is -2.25. The van der Waals surface area contributed by atoms with Gasteiger partial charge in [0.1, 0.15) is 22.7 Å². The fraction of sp³-hybridized carbons (Fsp3) is 0.375. The summed E-state index contributed by atoms with van der Waals surface area (Å²) in [6, 6.07) is 6.29. The van der Waals surface area contributed by atoms with Gasteiger partial charge in [-0.3, -0.25) is 4.57 Å². The lowest BCUT2D eigenvalue weighted by molar-refractivity contribution is -0.0363. The molecular formula is C24H25ClF2N6O3S. The van der Waals surface area contributed by atoms with E-state index in [2.05, 4.69) is 20.3 Å². The molecule has 0 bridgehead atoms. The van der Waals surface area contributed by atoms with Crippen molar-refractivity contribution in [3.63, 3.8) is 0 Å². The third-order valence-electron chi connectivity index (χ3n) is 6.41. The summed E-state index contributed by atoms with van der Waals surface area (Å²) in [6.45, 7) is 2.34. The standard InChI is InChI=1S/C24H25ClF2N6O3S/c1-13-12-28-22(32(13)2)14-7-8-15(17(10-14)37(3,34)35)29-16-11-18(25)30-23-20(16)31-24(21(26)27)33(23)19-6-4-5-9-36-19/h7-8,10-12,19,21H,4-6,9H2,1-3H3,(H,29,30). The van der Waals surface area contributed by atoms with Gasteiger partial charge in [0.25, 0.3) is 6.43 Å². The number of fused-ring (bicyclic) bond motifs is 1. The van der Waals surface area contributed by atoms with Gasteiger partial charge in [-0.2, -0.15) is 0 Å². The molecule has 1 unspecified atom stereocenters. The van der Waals surface area contributed by atoms with Crippen molar-refractivity contribution >= 4 is 44.0 Å². The minimum absolute atomic E-state index is 0.0101. The lowest BCUT2D eigenvalue weighted by Crippen LogP contribution is -2.20. The zero-order valence-corrected chi connectivity index (χ0v) is 21.9. The van der Waals surface area contributed by atoms with Crippen LogP contribution in [0.1, 0.15) is 43.4 Å². The first-order valence-corrected chi connectivity index (χ1v) is 13.9. The molecule has 0 aliphatic carbocycles. The van der Waals surface area contributed by atoms with E-state index in [0.717, 1.165) is 24.8 Å². The van der Waals surface area contributed by atoms with E-state index in [-0.39, 0.29) is 32.6 Å². The summed E-state index contributed by atoms with van der Waals surface area (Å²) in [4.78, 5) is 12.8. The lowest BCUT2D eigenvalue weighted by atomic mass is 10.2. The molecule has 1 aromatic carbocycles. The predicted molar refractivity (Wildman–Crippen MR) is 136 cm³/mol. The fourth-order valence-corrected chi connectivity index (χ4v) is 5.54. The van der Waals surface area contributed by atoms with E-state index in [0.29, 0.717) is 24.4 Å². The predicted octanol–water partition coefficient (Wildman–Crippen LogP) is 5.58. The Kier molecular flexibility index (Phi) is 6.67. The van der Waals surface area contributed by atoms with Crippen LogP contribution in [0, 0.1) is 6.92 Å². The van der Waals surface area contributed by atoms with Crippen LogP contribution in [0.2, 0.25) is 5.15 Å². The summed E-state index contributed by atoms with van der Waals surface area (Å²) in [5.41, 5.74) is 2.28. The molecule has 1 N–H and O–H groups in total. The molecule has 1 aliphatic heterocycles.